The largest absolute Gasteiger partial charge is 0.497 e. The molecule has 0 aliphatic carbocycles. The molecule has 0 radical (unpaired) electrons. The first kappa shape index (κ1) is 21.6. The molecule has 1 heterocycles. The molecular weight excluding hydrogens is 434 g/mol. The van der Waals surface area contributed by atoms with Crippen LogP contribution in [0.1, 0.15) is 15.9 Å². The fourth-order valence-corrected chi connectivity index (χ4v) is 3.76. The van der Waals surface area contributed by atoms with Gasteiger partial charge in [0, 0.05) is 55.8 Å². The molecule has 6 nitrogen and oxygen atoms in total. The van der Waals surface area contributed by atoms with Gasteiger partial charge in [-0.3, -0.25) is 14.6 Å². The van der Waals surface area contributed by atoms with Crippen molar-refractivity contribution >= 4 is 21.8 Å². The standard InChI is InChI=1S/C22H28BrN3O3/c1-28-19-5-3-17(4-6-19)22(27)24-9-10-25-11-13-26(14-12-25)16-18-15-20(29-2)7-8-21(18)23/h3-8,15H,9-14,16H2,1-2H3,(H,24,27). The minimum absolute atomic E-state index is 0.0471. The summed E-state index contributed by atoms with van der Waals surface area (Å²) < 4.78 is 11.6. The van der Waals surface area contributed by atoms with Gasteiger partial charge in [0.1, 0.15) is 11.5 Å². The summed E-state index contributed by atoms with van der Waals surface area (Å²) in [6.07, 6.45) is 0. The first-order valence-electron chi connectivity index (χ1n) is 9.78. The third-order valence-electron chi connectivity index (χ3n) is 5.18. The molecule has 156 valence electrons. The maximum atomic E-state index is 12.2. The highest BCUT2D eigenvalue weighted by Crippen LogP contribution is 2.24. The Balaban J connectivity index is 1.39. The maximum Gasteiger partial charge on any atom is 0.251 e. The van der Waals surface area contributed by atoms with E-state index < -0.39 is 0 Å². The van der Waals surface area contributed by atoms with Crippen LogP contribution in [0.3, 0.4) is 0 Å². The predicted octanol–water partition coefficient (Wildman–Crippen LogP) is 3.01. The van der Waals surface area contributed by atoms with Gasteiger partial charge in [0.15, 0.2) is 0 Å². The highest BCUT2D eigenvalue weighted by atomic mass is 79.9. The van der Waals surface area contributed by atoms with E-state index >= 15 is 0 Å². The Kier molecular flexibility index (Phi) is 7.91. The number of halogens is 1. The number of carbonyl (C=O) groups is 1. The molecular formula is C22H28BrN3O3. The van der Waals surface area contributed by atoms with Crippen molar-refractivity contribution in [3.8, 4) is 11.5 Å². The fourth-order valence-electron chi connectivity index (χ4n) is 3.38. The number of carbonyl (C=O) groups excluding carboxylic acids is 1. The van der Waals surface area contributed by atoms with Crippen molar-refractivity contribution in [2.45, 2.75) is 6.54 Å². The second kappa shape index (κ2) is 10.6. The lowest BCUT2D eigenvalue weighted by Gasteiger charge is -2.34. The van der Waals surface area contributed by atoms with Crippen LogP contribution < -0.4 is 14.8 Å². The van der Waals surface area contributed by atoms with Crippen molar-refractivity contribution in [3.63, 3.8) is 0 Å². The van der Waals surface area contributed by atoms with Crippen molar-refractivity contribution in [1.82, 2.24) is 15.1 Å². The Morgan fingerprint density at radius 1 is 0.966 bits per heavy atom. The Hall–Kier alpha value is -2.09. The lowest BCUT2D eigenvalue weighted by molar-refractivity contribution is 0.0934. The number of nitrogens with zero attached hydrogens (tertiary/aromatic N) is 2. The molecule has 0 atom stereocenters. The van der Waals surface area contributed by atoms with Gasteiger partial charge in [0.05, 0.1) is 14.2 Å². The number of methoxy groups -OCH3 is 2. The van der Waals surface area contributed by atoms with Crippen molar-refractivity contribution < 1.29 is 14.3 Å². The van der Waals surface area contributed by atoms with Crippen LogP contribution in [0.4, 0.5) is 0 Å². The topological polar surface area (TPSA) is 54.0 Å². The Morgan fingerprint density at radius 3 is 2.24 bits per heavy atom. The third-order valence-corrected chi connectivity index (χ3v) is 5.95. The summed E-state index contributed by atoms with van der Waals surface area (Å²) in [5.74, 6) is 1.59. The first-order valence-corrected chi connectivity index (χ1v) is 10.6. The average Bonchev–Trinajstić information content (AvgIpc) is 2.76. The lowest BCUT2D eigenvalue weighted by atomic mass is 10.2. The van der Waals surface area contributed by atoms with Crippen LogP contribution in [0.15, 0.2) is 46.9 Å². The van der Waals surface area contributed by atoms with Gasteiger partial charge in [-0.1, -0.05) is 15.9 Å². The molecule has 0 spiro atoms. The zero-order valence-electron chi connectivity index (χ0n) is 17.0. The summed E-state index contributed by atoms with van der Waals surface area (Å²) in [6.45, 7) is 6.43. The predicted molar refractivity (Wildman–Crippen MR) is 118 cm³/mol. The average molecular weight is 462 g/mol. The third kappa shape index (κ3) is 6.19. The summed E-state index contributed by atoms with van der Waals surface area (Å²) in [5.41, 5.74) is 1.89. The van der Waals surface area contributed by atoms with Gasteiger partial charge in [-0.05, 0) is 48.0 Å². The van der Waals surface area contributed by atoms with Crippen LogP contribution in [-0.2, 0) is 6.54 Å². The number of nitrogens with one attached hydrogen (secondary N) is 1. The molecule has 1 N–H and O–H groups in total. The molecule has 2 aromatic carbocycles. The summed E-state index contributed by atoms with van der Waals surface area (Å²) in [4.78, 5) is 17.1. The van der Waals surface area contributed by atoms with Crippen molar-refractivity contribution in [2.75, 3.05) is 53.5 Å². The normalized spacial score (nSPS) is 15.1. The van der Waals surface area contributed by atoms with Gasteiger partial charge in [0.2, 0.25) is 0 Å². The van der Waals surface area contributed by atoms with E-state index in [0.717, 1.165) is 55.2 Å². The molecule has 1 fully saturated rings. The van der Waals surface area contributed by atoms with Gasteiger partial charge in [-0.25, -0.2) is 0 Å². The smallest absolute Gasteiger partial charge is 0.251 e. The SMILES string of the molecule is COc1ccc(C(=O)NCCN2CCN(Cc3cc(OC)ccc3Br)CC2)cc1. The van der Waals surface area contributed by atoms with E-state index in [0.29, 0.717) is 12.1 Å². The van der Waals surface area contributed by atoms with E-state index in [1.165, 1.54) is 5.56 Å². The van der Waals surface area contributed by atoms with E-state index in [-0.39, 0.29) is 5.91 Å². The molecule has 0 unspecified atom stereocenters. The van der Waals surface area contributed by atoms with Crippen LogP contribution in [0.5, 0.6) is 11.5 Å². The number of rotatable bonds is 8. The van der Waals surface area contributed by atoms with E-state index in [1.54, 1.807) is 38.5 Å². The van der Waals surface area contributed by atoms with Crippen LogP contribution in [0, 0.1) is 0 Å². The minimum atomic E-state index is -0.0471. The van der Waals surface area contributed by atoms with Crippen LogP contribution >= 0.6 is 15.9 Å². The maximum absolute atomic E-state index is 12.2. The first-order chi connectivity index (χ1) is 14.1. The van der Waals surface area contributed by atoms with Gasteiger partial charge in [-0.2, -0.15) is 0 Å². The Morgan fingerprint density at radius 2 is 1.59 bits per heavy atom. The minimum Gasteiger partial charge on any atom is -0.497 e. The highest BCUT2D eigenvalue weighted by molar-refractivity contribution is 9.10. The number of amides is 1. The summed E-state index contributed by atoms with van der Waals surface area (Å²) >= 11 is 3.63. The molecule has 7 heteroatoms. The molecule has 1 amide bonds. The molecule has 1 aliphatic rings. The fraction of sp³-hybridized carbons (Fsp3) is 0.409. The molecule has 2 aromatic rings. The van der Waals surface area contributed by atoms with Crippen molar-refractivity contribution in [1.29, 1.82) is 0 Å². The monoisotopic (exact) mass is 461 g/mol. The zero-order valence-corrected chi connectivity index (χ0v) is 18.6. The Bertz CT molecular complexity index is 805. The lowest BCUT2D eigenvalue weighted by Crippen LogP contribution is -2.48. The van der Waals surface area contributed by atoms with Crippen LogP contribution in [-0.4, -0.2) is 69.2 Å². The van der Waals surface area contributed by atoms with E-state index in [9.17, 15) is 4.79 Å². The van der Waals surface area contributed by atoms with Gasteiger partial charge in [0.25, 0.3) is 5.91 Å². The van der Waals surface area contributed by atoms with Crippen molar-refractivity contribution in [2.24, 2.45) is 0 Å². The van der Waals surface area contributed by atoms with Crippen molar-refractivity contribution in [3.05, 3.63) is 58.1 Å². The number of hydrogen-bond donors (Lipinski definition) is 1. The van der Waals surface area contributed by atoms with Gasteiger partial charge < -0.3 is 14.8 Å². The summed E-state index contributed by atoms with van der Waals surface area (Å²) in [6, 6.07) is 13.3. The number of benzene rings is 2. The zero-order chi connectivity index (χ0) is 20.6. The molecule has 0 bridgehead atoms. The highest BCUT2D eigenvalue weighted by Gasteiger charge is 2.18. The molecule has 1 saturated heterocycles. The second-order valence-corrected chi connectivity index (χ2v) is 7.91. The van der Waals surface area contributed by atoms with Crippen LogP contribution in [0.2, 0.25) is 0 Å². The summed E-state index contributed by atoms with van der Waals surface area (Å²) in [7, 11) is 3.31. The number of hydrogen-bond acceptors (Lipinski definition) is 5. The number of piperazine rings is 1. The second-order valence-electron chi connectivity index (χ2n) is 7.06. The molecule has 0 saturated carbocycles. The van der Waals surface area contributed by atoms with Gasteiger partial charge >= 0.3 is 0 Å². The van der Waals surface area contributed by atoms with Crippen LogP contribution in [0.25, 0.3) is 0 Å². The quantitative estimate of drug-likeness (QED) is 0.654. The number of ether oxygens (including phenoxy) is 2. The summed E-state index contributed by atoms with van der Waals surface area (Å²) in [5, 5.41) is 3.00. The molecule has 3 rings (SSSR count). The van der Waals surface area contributed by atoms with Gasteiger partial charge in [-0.15, -0.1) is 0 Å². The molecule has 0 aromatic heterocycles. The van der Waals surface area contributed by atoms with E-state index in [2.05, 4.69) is 37.1 Å². The molecule has 29 heavy (non-hydrogen) atoms. The molecule has 1 aliphatic heterocycles. The Labute approximate surface area is 180 Å². The van der Waals surface area contributed by atoms with E-state index in [1.807, 2.05) is 12.1 Å². The van der Waals surface area contributed by atoms with E-state index in [4.69, 9.17) is 9.47 Å².